The molecular formula is C14H23FN2O2. The van der Waals surface area contributed by atoms with Gasteiger partial charge in [0.15, 0.2) is 0 Å². The smallest absolute Gasteiger partial charge is 0.218 e. The lowest BCUT2D eigenvalue weighted by Crippen LogP contribution is -2.16. The molecule has 0 amide bonds. The van der Waals surface area contributed by atoms with Crippen LogP contribution in [0.1, 0.15) is 32.3 Å². The van der Waals surface area contributed by atoms with E-state index in [2.05, 4.69) is 24.1 Å². The summed E-state index contributed by atoms with van der Waals surface area (Å²) in [6, 6.07) is 1.46. The lowest BCUT2D eigenvalue weighted by Gasteiger charge is -2.11. The predicted molar refractivity (Wildman–Crippen MR) is 72.8 cm³/mol. The number of aromatic nitrogens is 1. The molecule has 0 aliphatic rings. The topological polar surface area (TPSA) is 43.4 Å². The number of pyridine rings is 1. The largest absolute Gasteiger partial charge is 0.475 e. The highest BCUT2D eigenvalue weighted by atomic mass is 19.1. The molecule has 1 heterocycles. The molecule has 0 radical (unpaired) electrons. The second kappa shape index (κ2) is 9.69. The zero-order chi connectivity index (χ0) is 13.9. The summed E-state index contributed by atoms with van der Waals surface area (Å²) < 4.78 is 24.0. The van der Waals surface area contributed by atoms with E-state index in [1.807, 2.05) is 0 Å². The Morgan fingerprint density at radius 3 is 2.79 bits per heavy atom. The van der Waals surface area contributed by atoms with Gasteiger partial charge in [-0.2, -0.15) is 0 Å². The van der Waals surface area contributed by atoms with Gasteiger partial charge >= 0.3 is 0 Å². The standard InChI is InChI=1S/C14H23FN2O2/c1-3-5-16-10-12-9-13(15)11-17-14(12)19-8-7-18-6-4-2/h9,11,16H,3-8,10H2,1-2H3. The van der Waals surface area contributed by atoms with Gasteiger partial charge in [-0.15, -0.1) is 0 Å². The second-order valence-electron chi connectivity index (χ2n) is 4.26. The van der Waals surface area contributed by atoms with Gasteiger partial charge in [0, 0.05) is 18.7 Å². The van der Waals surface area contributed by atoms with E-state index in [1.165, 1.54) is 12.3 Å². The fourth-order valence-corrected chi connectivity index (χ4v) is 1.57. The number of rotatable bonds is 10. The summed E-state index contributed by atoms with van der Waals surface area (Å²) in [7, 11) is 0. The molecule has 0 aliphatic heterocycles. The molecule has 0 atom stereocenters. The first kappa shape index (κ1) is 15.9. The minimum Gasteiger partial charge on any atom is -0.475 e. The average Bonchev–Trinajstić information content (AvgIpc) is 2.41. The fourth-order valence-electron chi connectivity index (χ4n) is 1.57. The van der Waals surface area contributed by atoms with Crippen LogP contribution in [-0.4, -0.2) is 31.3 Å². The molecular weight excluding hydrogens is 247 g/mol. The first-order valence-corrected chi connectivity index (χ1v) is 6.83. The van der Waals surface area contributed by atoms with Crippen LogP contribution in [0, 0.1) is 5.82 Å². The summed E-state index contributed by atoms with van der Waals surface area (Å²) >= 11 is 0. The van der Waals surface area contributed by atoms with Gasteiger partial charge < -0.3 is 14.8 Å². The van der Waals surface area contributed by atoms with Crippen LogP contribution >= 0.6 is 0 Å². The molecule has 0 aliphatic carbocycles. The highest BCUT2D eigenvalue weighted by Gasteiger charge is 2.07. The third-order valence-corrected chi connectivity index (χ3v) is 2.45. The predicted octanol–water partition coefficient (Wildman–Crippen LogP) is 2.53. The number of halogens is 1. The number of hydrogen-bond acceptors (Lipinski definition) is 4. The molecule has 4 nitrogen and oxygen atoms in total. The average molecular weight is 270 g/mol. The van der Waals surface area contributed by atoms with Crippen LogP contribution in [0.25, 0.3) is 0 Å². The van der Waals surface area contributed by atoms with Crippen LogP contribution in [-0.2, 0) is 11.3 Å². The van der Waals surface area contributed by atoms with Crippen LogP contribution in [0.2, 0.25) is 0 Å². The van der Waals surface area contributed by atoms with Gasteiger partial charge in [0.1, 0.15) is 12.4 Å². The summed E-state index contributed by atoms with van der Waals surface area (Å²) in [5.41, 5.74) is 0.740. The van der Waals surface area contributed by atoms with Crippen molar-refractivity contribution in [2.45, 2.75) is 33.2 Å². The molecule has 1 aromatic heterocycles. The van der Waals surface area contributed by atoms with Crippen LogP contribution in [0.15, 0.2) is 12.3 Å². The third kappa shape index (κ3) is 6.50. The van der Waals surface area contributed by atoms with Gasteiger partial charge in [-0.1, -0.05) is 13.8 Å². The SMILES string of the molecule is CCCNCc1cc(F)cnc1OCCOCCC. The molecule has 0 unspecified atom stereocenters. The van der Waals surface area contributed by atoms with E-state index in [0.29, 0.717) is 25.6 Å². The normalized spacial score (nSPS) is 10.7. The highest BCUT2D eigenvalue weighted by molar-refractivity contribution is 5.26. The Bertz CT molecular complexity index is 361. The van der Waals surface area contributed by atoms with E-state index in [-0.39, 0.29) is 5.82 Å². The molecule has 0 fully saturated rings. The molecule has 19 heavy (non-hydrogen) atoms. The molecule has 0 saturated carbocycles. The summed E-state index contributed by atoms with van der Waals surface area (Å²) in [4.78, 5) is 3.98. The second-order valence-corrected chi connectivity index (χ2v) is 4.26. The minimum absolute atomic E-state index is 0.345. The van der Waals surface area contributed by atoms with E-state index in [1.54, 1.807) is 0 Å². The van der Waals surface area contributed by atoms with Gasteiger partial charge in [-0.3, -0.25) is 0 Å². The Balaban J connectivity index is 2.45. The molecule has 0 saturated heterocycles. The maximum absolute atomic E-state index is 13.2. The maximum atomic E-state index is 13.2. The van der Waals surface area contributed by atoms with Crippen molar-refractivity contribution in [2.24, 2.45) is 0 Å². The van der Waals surface area contributed by atoms with E-state index in [4.69, 9.17) is 9.47 Å². The first-order chi connectivity index (χ1) is 9.27. The van der Waals surface area contributed by atoms with Crippen molar-refractivity contribution in [3.63, 3.8) is 0 Å². The van der Waals surface area contributed by atoms with Crippen LogP contribution in [0.4, 0.5) is 4.39 Å². The van der Waals surface area contributed by atoms with Crippen molar-refractivity contribution in [3.8, 4) is 5.88 Å². The van der Waals surface area contributed by atoms with E-state index in [0.717, 1.165) is 31.6 Å². The summed E-state index contributed by atoms with van der Waals surface area (Å²) in [6.07, 6.45) is 3.19. The zero-order valence-corrected chi connectivity index (χ0v) is 11.7. The van der Waals surface area contributed by atoms with Crippen LogP contribution in [0.5, 0.6) is 5.88 Å². The number of nitrogens with one attached hydrogen (secondary N) is 1. The molecule has 0 bridgehead atoms. The Morgan fingerprint density at radius 2 is 2.05 bits per heavy atom. The van der Waals surface area contributed by atoms with E-state index in [9.17, 15) is 4.39 Å². The molecule has 0 spiro atoms. The van der Waals surface area contributed by atoms with Crippen molar-refractivity contribution >= 4 is 0 Å². The maximum Gasteiger partial charge on any atom is 0.218 e. The van der Waals surface area contributed by atoms with Gasteiger partial charge in [0.2, 0.25) is 5.88 Å². The quantitative estimate of drug-likeness (QED) is 0.663. The molecule has 0 aromatic carbocycles. The van der Waals surface area contributed by atoms with Gasteiger partial charge in [0.05, 0.1) is 12.8 Å². The first-order valence-electron chi connectivity index (χ1n) is 6.83. The lowest BCUT2D eigenvalue weighted by molar-refractivity contribution is 0.0985. The summed E-state index contributed by atoms with van der Waals surface area (Å²) in [6.45, 7) is 7.26. The van der Waals surface area contributed by atoms with Crippen molar-refractivity contribution in [2.75, 3.05) is 26.4 Å². The molecule has 1 rings (SSSR count). The molecule has 1 N–H and O–H groups in total. The minimum atomic E-state index is -0.345. The third-order valence-electron chi connectivity index (χ3n) is 2.45. The summed E-state index contributed by atoms with van der Waals surface area (Å²) in [5.74, 6) is 0.132. The Hall–Kier alpha value is -1.20. The van der Waals surface area contributed by atoms with Crippen LogP contribution < -0.4 is 10.1 Å². The molecule has 108 valence electrons. The van der Waals surface area contributed by atoms with E-state index < -0.39 is 0 Å². The van der Waals surface area contributed by atoms with Crippen molar-refractivity contribution < 1.29 is 13.9 Å². The Labute approximate surface area is 114 Å². The fraction of sp³-hybridized carbons (Fsp3) is 0.643. The zero-order valence-electron chi connectivity index (χ0n) is 11.7. The van der Waals surface area contributed by atoms with Gasteiger partial charge in [-0.05, 0) is 25.5 Å². The lowest BCUT2D eigenvalue weighted by atomic mass is 10.2. The highest BCUT2D eigenvalue weighted by Crippen LogP contribution is 2.16. The molecule has 1 aromatic rings. The number of ether oxygens (including phenoxy) is 2. The van der Waals surface area contributed by atoms with Gasteiger partial charge in [-0.25, -0.2) is 9.37 Å². The monoisotopic (exact) mass is 270 g/mol. The Morgan fingerprint density at radius 1 is 1.21 bits per heavy atom. The van der Waals surface area contributed by atoms with Crippen molar-refractivity contribution in [1.82, 2.24) is 10.3 Å². The Kier molecular flexibility index (Phi) is 8.09. The van der Waals surface area contributed by atoms with E-state index >= 15 is 0 Å². The molecule has 5 heteroatoms. The van der Waals surface area contributed by atoms with Crippen LogP contribution in [0.3, 0.4) is 0 Å². The number of hydrogen-bond donors (Lipinski definition) is 1. The summed E-state index contributed by atoms with van der Waals surface area (Å²) in [5, 5.41) is 3.21. The number of nitrogens with zero attached hydrogens (tertiary/aromatic N) is 1. The van der Waals surface area contributed by atoms with Crippen molar-refractivity contribution in [1.29, 1.82) is 0 Å². The van der Waals surface area contributed by atoms with Gasteiger partial charge in [0.25, 0.3) is 0 Å². The van der Waals surface area contributed by atoms with Crippen molar-refractivity contribution in [3.05, 3.63) is 23.6 Å².